The van der Waals surface area contributed by atoms with Gasteiger partial charge in [-0.3, -0.25) is 0 Å². The van der Waals surface area contributed by atoms with Crippen LogP contribution in [0.3, 0.4) is 0 Å². The number of anilines is 1. The molecule has 0 amide bonds. The van der Waals surface area contributed by atoms with E-state index in [1.807, 2.05) is 13.0 Å². The Kier molecular flexibility index (Phi) is 3.83. The van der Waals surface area contributed by atoms with Gasteiger partial charge in [0.2, 0.25) is 5.95 Å². The maximum atomic E-state index is 5.31. The number of aromatic nitrogens is 3. The normalized spacial score (nSPS) is 11.3. The summed E-state index contributed by atoms with van der Waals surface area (Å²) < 4.78 is 5.31. The molecule has 2 aromatic rings. The van der Waals surface area contributed by atoms with E-state index in [1.165, 1.54) is 0 Å². The molecule has 0 radical (unpaired) electrons. The van der Waals surface area contributed by atoms with Gasteiger partial charge in [0.15, 0.2) is 5.76 Å². The van der Waals surface area contributed by atoms with Gasteiger partial charge in [-0.25, -0.2) is 9.97 Å². The second kappa shape index (κ2) is 5.38. The first-order valence-electron chi connectivity index (χ1n) is 6.54. The molecule has 0 aliphatic rings. The van der Waals surface area contributed by atoms with E-state index in [4.69, 9.17) is 4.52 Å². The standard InChI is InChI=1S/C14H20N4O/c1-8(2)13-11(12-6-10(5)18-19-12)7-15-14(17-13)16-9(3)4/h6-9H,1-5H3,(H,15,16,17). The minimum Gasteiger partial charge on any atom is -0.356 e. The van der Waals surface area contributed by atoms with E-state index >= 15 is 0 Å². The Morgan fingerprint density at radius 3 is 2.47 bits per heavy atom. The van der Waals surface area contributed by atoms with Gasteiger partial charge in [-0.15, -0.1) is 0 Å². The Hall–Kier alpha value is -1.91. The molecule has 0 aromatic carbocycles. The molecular formula is C14H20N4O. The summed E-state index contributed by atoms with van der Waals surface area (Å²) in [5, 5.41) is 7.13. The molecule has 0 fully saturated rings. The average molecular weight is 260 g/mol. The van der Waals surface area contributed by atoms with Crippen LogP contribution in [-0.2, 0) is 0 Å². The zero-order valence-electron chi connectivity index (χ0n) is 12.1. The molecule has 1 N–H and O–H groups in total. The predicted octanol–water partition coefficient (Wildman–Crippen LogP) is 3.38. The van der Waals surface area contributed by atoms with Crippen molar-refractivity contribution in [3.63, 3.8) is 0 Å². The number of nitrogens with zero attached hydrogens (tertiary/aromatic N) is 3. The molecule has 0 atom stereocenters. The van der Waals surface area contributed by atoms with Gasteiger partial charge >= 0.3 is 0 Å². The monoisotopic (exact) mass is 260 g/mol. The Morgan fingerprint density at radius 2 is 1.95 bits per heavy atom. The van der Waals surface area contributed by atoms with Crippen LogP contribution in [0.1, 0.15) is 45.0 Å². The van der Waals surface area contributed by atoms with E-state index in [9.17, 15) is 0 Å². The van der Waals surface area contributed by atoms with E-state index in [1.54, 1.807) is 6.20 Å². The second-order valence-corrected chi connectivity index (χ2v) is 5.28. The molecule has 0 aliphatic carbocycles. The largest absolute Gasteiger partial charge is 0.356 e. The minimum absolute atomic E-state index is 0.288. The molecule has 0 spiro atoms. The third kappa shape index (κ3) is 3.10. The quantitative estimate of drug-likeness (QED) is 0.913. The number of nitrogens with one attached hydrogen (secondary N) is 1. The van der Waals surface area contributed by atoms with Crippen LogP contribution < -0.4 is 5.32 Å². The Bertz CT molecular complexity index is 560. The third-order valence-corrected chi connectivity index (χ3v) is 2.68. The lowest BCUT2D eigenvalue weighted by molar-refractivity contribution is 0.426. The summed E-state index contributed by atoms with van der Waals surface area (Å²) in [4.78, 5) is 8.93. The molecule has 2 aromatic heterocycles. The van der Waals surface area contributed by atoms with Gasteiger partial charge in [0.1, 0.15) is 0 Å². The summed E-state index contributed by atoms with van der Waals surface area (Å²) in [5.41, 5.74) is 2.73. The van der Waals surface area contributed by atoms with Gasteiger partial charge in [0.25, 0.3) is 0 Å². The first-order chi connectivity index (χ1) is 8.97. The van der Waals surface area contributed by atoms with Crippen molar-refractivity contribution in [1.82, 2.24) is 15.1 Å². The van der Waals surface area contributed by atoms with E-state index in [-0.39, 0.29) is 5.92 Å². The molecule has 0 saturated carbocycles. The number of rotatable bonds is 4. The maximum absolute atomic E-state index is 5.31. The van der Waals surface area contributed by atoms with Crippen molar-refractivity contribution >= 4 is 5.95 Å². The zero-order valence-corrected chi connectivity index (χ0v) is 12.1. The third-order valence-electron chi connectivity index (χ3n) is 2.68. The van der Waals surface area contributed by atoms with Gasteiger partial charge in [0.05, 0.1) is 17.0 Å². The molecule has 0 bridgehead atoms. The fourth-order valence-electron chi connectivity index (χ4n) is 1.84. The van der Waals surface area contributed by atoms with Gasteiger partial charge in [-0.05, 0) is 26.7 Å². The van der Waals surface area contributed by atoms with Crippen LogP contribution in [0.25, 0.3) is 11.3 Å². The predicted molar refractivity (Wildman–Crippen MR) is 75.1 cm³/mol. The number of hydrogen-bond acceptors (Lipinski definition) is 5. The lowest BCUT2D eigenvalue weighted by atomic mass is 10.0. The van der Waals surface area contributed by atoms with E-state index in [2.05, 4.69) is 48.1 Å². The molecule has 0 saturated heterocycles. The maximum Gasteiger partial charge on any atom is 0.223 e. The van der Waals surface area contributed by atoms with Crippen LogP contribution in [-0.4, -0.2) is 21.2 Å². The summed E-state index contributed by atoms with van der Waals surface area (Å²) in [5.74, 6) is 1.66. The summed E-state index contributed by atoms with van der Waals surface area (Å²) in [6, 6.07) is 2.21. The first kappa shape index (κ1) is 13.5. The molecule has 5 heteroatoms. The summed E-state index contributed by atoms with van der Waals surface area (Å²) >= 11 is 0. The highest BCUT2D eigenvalue weighted by atomic mass is 16.5. The van der Waals surface area contributed by atoms with Gasteiger partial charge < -0.3 is 9.84 Å². The van der Waals surface area contributed by atoms with Crippen molar-refractivity contribution in [3.05, 3.63) is 23.7 Å². The molecule has 5 nitrogen and oxygen atoms in total. The highest BCUT2D eigenvalue weighted by molar-refractivity contribution is 5.61. The molecule has 102 valence electrons. The molecular weight excluding hydrogens is 240 g/mol. The van der Waals surface area contributed by atoms with Crippen molar-refractivity contribution < 1.29 is 4.52 Å². The highest BCUT2D eigenvalue weighted by Crippen LogP contribution is 2.28. The van der Waals surface area contributed by atoms with Crippen LogP contribution in [0, 0.1) is 6.92 Å². The van der Waals surface area contributed by atoms with Crippen molar-refractivity contribution in [2.75, 3.05) is 5.32 Å². The van der Waals surface area contributed by atoms with Crippen molar-refractivity contribution in [2.45, 2.75) is 46.6 Å². The number of aryl methyl sites for hydroxylation is 1. The lowest BCUT2D eigenvalue weighted by Gasteiger charge is -2.13. The van der Waals surface area contributed by atoms with Gasteiger partial charge in [0, 0.05) is 18.3 Å². The van der Waals surface area contributed by atoms with Crippen molar-refractivity contribution in [3.8, 4) is 11.3 Å². The smallest absolute Gasteiger partial charge is 0.223 e. The highest BCUT2D eigenvalue weighted by Gasteiger charge is 2.16. The van der Waals surface area contributed by atoms with E-state index in [0.29, 0.717) is 12.0 Å². The van der Waals surface area contributed by atoms with Gasteiger partial charge in [-0.1, -0.05) is 19.0 Å². The minimum atomic E-state index is 0.288. The Balaban J connectivity index is 2.43. The summed E-state index contributed by atoms with van der Waals surface area (Å²) in [6.07, 6.45) is 1.80. The summed E-state index contributed by atoms with van der Waals surface area (Å²) in [7, 11) is 0. The fraction of sp³-hybridized carbons (Fsp3) is 0.500. The molecule has 19 heavy (non-hydrogen) atoms. The molecule has 0 unspecified atom stereocenters. The Morgan fingerprint density at radius 1 is 1.21 bits per heavy atom. The topological polar surface area (TPSA) is 63.8 Å². The van der Waals surface area contributed by atoms with Crippen molar-refractivity contribution in [1.29, 1.82) is 0 Å². The Labute approximate surface area is 113 Å². The first-order valence-corrected chi connectivity index (χ1v) is 6.54. The SMILES string of the molecule is Cc1cc(-c2cnc(NC(C)C)nc2C(C)C)on1. The van der Waals surface area contributed by atoms with E-state index in [0.717, 1.165) is 22.7 Å². The van der Waals surface area contributed by atoms with Crippen LogP contribution in [0.4, 0.5) is 5.95 Å². The van der Waals surface area contributed by atoms with Crippen molar-refractivity contribution in [2.24, 2.45) is 0 Å². The van der Waals surface area contributed by atoms with Crippen LogP contribution in [0.2, 0.25) is 0 Å². The van der Waals surface area contributed by atoms with Gasteiger partial charge in [-0.2, -0.15) is 0 Å². The molecule has 2 heterocycles. The van der Waals surface area contributed by atoms with Crippen LogP contribution in [0.5, 0.6) is 0 Å². The molecule has 0 aliphatic heterocycles. The average Bonchev–Trinajstić information content (AvgIpc) is 2.74. The van der Waals surface area contributed by atoms with Crippen LogP contribution in [0.15, 0.2) is 16.8 Å². The second-order valence-electron chi connectivity index (χ2n) is 5.28. The molecule has 2 rings (SSSR count). The van der Waals surface area contributed by atoms with Crippen LogP contribution >= 0.6 is 0 Å². The fourth-order valence-corrected chi connectivity index (χ4v) is 1.84. The lowest BCUT2D eigenvalue weighted by Crippen LogP contribution is -2.13. The van der Waals surface area contributed by atoms with E-state index < -0.39 is 0 Å². The zero-order chi connectivity index (χ0) is 14.0. The summed E-state index contributed by atoms with van der Waals surface area (Å²) in [6.45, 7) is 10.2. The number of hydrogen-bond donors (Lipinski definition) is 1.